The predicted octanol–water partition coefficient (Wildman–Crippen LogP) is 0.932. The highest BCUT2D eigenvalue weighted by molar-refractivity contribution is 5.68. The first kappa shape index (κ1) is 11.3. The van der Waals surface area contributed by atoms with E-state index in [1.54, 1.807) is 4.68 Å². The summed E-state index contributed by atoms with van der Waals surface area (Å²) in [6, 6.07) is 9.52. The molecule has 2 aromatic rings. The van der Waals surface area contributed by atoms with Crippen molar-refractivity contribution >= 4 is 5.97 Å². The summed E-state index contributed by atoms with van der Waals surface area (Å²) < 4.78 is 1.54. The van der Waals surface area contributed by atoms with E-state index in [0.717, 1.165) is 5.56 Å². The maximum absolute atomic E-state index is 10.9. The van der Waals surface area contributed by atoms with Gasteiger partial charge in [0.05, 0.1) is 13.0 Å². The Labute approximate surface area is 97.9 Å². The average molecular weight is 232 g/mol. The molecule has 0 fully saturated rings. The number of carbonyl (C=O) groups is 1. The number of benzene rings is 1. The molecular weight excluding hydrogens is 220 g/mol. The van der Waals surface area contributed by atoms with Gasteiger partial charge in [0.15, 0.2) is 0 Å². The van der Waals surface area contributed by atoms with E-state index < -0.39 is 5.97 Å². The maximum Gasteiger partial charge on any atom is 0.304 e. The quantitative estimate of drug-likeness (QED) is 0.829. The predicted molar refractivity (Wildman–Crippen MR) is 59.3 cm³/mol. The van der Waals surface area contributed by atoms with E-state index in [1.165, 1.54) is 6.33 Å². The summed E-state index contributed by atoms with van der Waals surface area (Å²) in [4.78, 5) is 10.9. The number of nitrogens with zero attached hydrogens (tertiary/aromatic N) is 4. The largest absolute Gasteiger partial charge is 0.481 e. The molecular formula is C11H12N4O2. The van der Waals surface area contributed by atoms with Gasteiger partial charge in [0.1, 0.15) is 6.33 Å². The molecule has 17 heavy (non-hydrogen) atoms. The standard InChI is InChI=1S/C11H12N4O2/c16-11(17)6-10(7-15-8-12-13-14-15)9-4-2-1-3-5-9/h1-5,8,10H,6-7H2,(H,16,17)/t10-/m1/s1. The van der Waals surface area contributed by atoms with Crippen molar-refractivity contribution in [2.24, 2.45) is 0 Å². The third-order valence-electron chi connectivity index (χ3n) is 2.49. The van der Waals surface area contributed by atoms with Gasteiger partial charge in [0.2, 0.25) is 0 Å². The summed E-state index contributed by atoms with van der Waals surface area (Å²) in [5.41, 5.74) is 0.977. The van der Waals surface area contributed by atoms with Crippen LogP contribution in [0.25, 0.3) is 0 Å². The summed E-state index contributed by atoms with van der Waals surface area (Å²) in [6.07, 6.45) is 1.54. The van der Waals surface area contributed by atoms with Crippen LogP contribution in [0.3, 0.4) is 0 Å². The molecule has 6 nitrogen and oxygen atoms in total. The van der Waals surface area contributed by atoms with E-state index in [9.17, 15) is 4.79 Å². The molecule has 0 bridgehead atoms. The lowest BCUT2D eigenvalue weighted by Crippen LogP contribution is -2.14. The molecule has 0 radical (unpaired) electrons. The van der Waals surface area contributed by atoms with Crippen LogP contribution in [0.2, 0.25) is 0 Å². The number of hydrogen-bond acceptors (Lipinski definition) is 4. The van der Waals surface area contributed by atoms with Crippen LogP contribution in [0.5, 0.6) is 0 Å². The van der Waals surface area contributed by atoms with Gasteiger partial charge in [0.25, 0.3) is 0 Å². The molecule has 0 unspecified atom stereocenters. The molecule has 0 saturated carbocycles. The first-order chi connectivity index (χ1) is 8.25. The third kappa shape index (κ3) is 3.10. The number of carboxylic acid groups (broad SMARTS) is 1. The van der Waals surface area contributed by atoms with Gasteiger partial charge in [-0.05, 0) is 16.0 Å². The Kier molecular flexibility index (Phi) is 3.44. The van der Waals surface area contributed by atoms with Gasteiger partial charge in [-0.25, -0.2) is 4.68 Å². The van der Waals surface area contributed by atoms with E-state index in [1.807, 2.05) is 30.3 Å². The van der Waals surface area contributed by atoms with Gasteiger partial charge < -0.3 is 5.11 Å². The zero-order chi connectivity index (χ0) is 12.1. The van der Waals surface area contributed by atoms with Crippen LogP contribution in [-0.4, -0.2) is 31.3 Å². The van der Waals surface area contributed by atoms with Crippen LogP contribution in [0.1, 0.15) is 17.9 Å². The first-order valence-corrected chi connectivity index (χ1v) is 5.23. The zero-order valence-electron chi connectivity index (χ0n) is 9.10. The van der Waals surface area contributed by atoms with Gasteiger partial charge in [-0.1, -0.05) is 30.3 Å². The van der Waals surface area contributed by atoms with Crippen molar-refractivity contribution < 1.29 is 9.90 Å². The number of rotatable bonds is 5. The van der Waals surface area contributed by atoms with Crippen molar-refractivity contribution in [1.29, 1.82) is 0 Å². The zero-order valence-corrected chi connectivity index (χ0v) is 9.10. The fourth-order valence-corrected chi connectivity index (χ4v) is 1.71. The molecule has 0 spiro atoms. The Morgan fingerprint density at radius 1 is 1.35 bits per heavy atom. The summed E-state index contributed by atoms with van der Waals surface area (Å²) in [6.45, 7) is 0.462. The molecule has 6 heteroatoms. The lowest BCUT2D eigenvalue weighted by molar-refractivity contribution is -0.137. The lowest BCUT2D eigenvalue weighted by atomic mass is 9.96. The van der Waals surface area contributed by atoms with Crippen molar-refractivity contribution in [3.05, 3.63) is 42.2 Å². The van der Waals surface area contributed by atoms with Gasteiger partial charge in [0, 0.05) is 5.92 Å². The van der Waals surface area contributed by atoms with Crippen molar-refractivity contribution in [1.82, 2.24) is 20.2 Å². The van der Waals surface area contributed by atoms with Gasteiger partial charge in [-0.3, -0.25) is 4.79 Å². The topological polar surface area (TPSA) is 80.9 Å². The smallest absolute Gasteiger partial charge is 0.304 e. The molecule has 1 N–H and O–H groups in total. The molecule has 1 heterocycles. The molecule has 0 saturated heterocycles. The minimum atomic E-state index is -0.827. The molecule has 88 valence electrons. The molecule has 1 aromatic heterocycles. The first-order valence-electron chi connectivity index (χ1n) is 5.23. The minimum Gasteiger partial charge on any atom is -0.481 e. The van der Waals surface area contributed by atoms with Crippen molar-refractivity contribution in [2.75, 3.05) is 0 Å². The second-order valence-corrected chi connectivity index (χ2v) is 3.74. The Balaban J connectivity index is 2.16. The van der Waals surface area contributed by atoms with E-state index in [4.69, 9.17) is 5.11 Å². The molecule has 0 amide bonds. The van der Waals surface area contributed by atoms with Gasteiger partial charge >= 0.3 is 5.97 Å². The summed E-state index contributed by atoms with van der Waals surface area (Å²) >= 11 is 0. The molecule has 1 atom stereocenters. The molecule has 2 rings (SSSR count). The number of carboxylic acids is 1. The fourth-order valence-electron chi connectivity index (χ4n) is 1.71. The molecule has 1 aromatic carbocycles. The normalized spacial score (nSPS) is 12.2. The van der Waals surface area contributed by atoms with Crippen LogP contribution in [0, 0.1) is 0 Å². The van der Waals surface area contributed by atoms with Gasteiger partial charge in [-0.2, -0.15) is 0 Å². The summed E-state index contributed by atoms with van der Waals surface area (Å²) in [7, 11) is 0. The van der Waals surface area contributed by atoms with Crippen molar-refractivity contribution in [3.8, 4) is 0 Å². The molecule has 0 aliphatic heterocycles. The van der Waals surface area contributed by atoms with E-state index in [-0.39, 0.29) is 12.3 Å². The van der Waals surface area contributed by atoms with Crippen molar-refractivity contribution in [2.45, 2.75) is 18.9 Å². The minimum absolute atomic E-state index is 0.0594. The van der Waals surface area contributed by atoms with Crippen LogP contribution in [0.4, 0.5) is 0 Å². The average Bonchev–Trinajstić information content (AvgIpc) is 2.82. The van der Waals surface area contributed by atoms with E-state index in [2.05, 4.69) is 15.5 Å². The Morgan fingerprint density at radius 2 is 2.12 bits per heavy atom. The van der Waals surface area contributed by atoms with Crippen LogP contribution < -0.4 is 0 Å². The number of hydrogen-bond donors (Lipinski definition) is 1. The van der Waals surface area contributed by atoms with E-state index >= 15 is 0 Å². The second-order valence-electron chi connectivity index (χ2n) is 3.74. The number of aliphatic carboxylic acids is 1. The second kappa shape index (κ2) is 5.20. The van der Waals surface area contributed by atoms with Crippen LogP contribution in [0.15, 0.2) is 36.7 Å². The number of aromatic nitrogens is 4. The summed E-state index contributed by atoms with van der Waals surface area (Å²) in [5.74, 6) is -0.955. The highest BCUT2D eigenvalue weighted by Gasteiger charge is 2.16. The van der Waals surface area contributed by atoms with Crippen LogP contribution >= 0.6 is 0 Å². The highest BCUT2D eigenvalue weighted by atomic mass is 16.4. The van der Waals surface area contributed by atoms with Gasteiger partial charge in [-0.15, -0.1) is 5.10 Å². The monoisotopic (exact) mass is 232 g/mol. The third-order valence-corrected chi connectivity index (χ3v) is 2.49. The number of tetrazole rings is 1. The summed E-state index contributed by atoms with van der Waals surface area (Å²) in [5, 5.41) is 19.7. The van der Waals surface area contributed by atoms with Crippen molar-refractivity contribution in [3.63, 3.8) is 0 Å². The SMILES string of the molecule is O=C(O)C[C@H](Cn1cnnn1)c1ccccc1. The Hall–Kier alpha value is -2.24. The van der Waals surface area contributed by atoms with Crippen LogP contribution in [-0.2, 0) is 11.3 Å². The Morgan fingerprint density at radius 3 is 2.71 bits per heavy atom. The van der Waals surface area contributed by atoms with E-state index in [0.29, 0.717) is 6.54 Å². The fraction of sp³-hybridized carbons (Fsp3) is 0.273. The Bertz CT molecular complexity index is 469. The highest BCUT2D eigenvalue weighted by Crippen LogP contribution is 2.21. The molecule has 0 aliphatic rings. The molecule has 0 aliphatic carbocycles. The lowest BCUT2D eigenvalue weighted by Gasteiger charge is -2.14. The maximum atomic E-state index is 10.9.